The van der Waals surface area contributed by atoms with E-state index >= 15 is 0 Å². The first-order valence-electron chi connectivity index (χ1n) is 16.6. The van der Waals surface area contributed by atoms with E-state index in [4.69, 9.17) is 35.4 Å². The van der Waals surface area contributed by atoms with Crippen molar-refractivity contribution in [2.45, 2.75) is 36.2 Å². The molecule has 0 N–H and O–H groups in total. The Morgan fingerprint density at radius 3 is 0.562 bits per heavy atom. The van der Waals surface area contributed by atoms with Crippen LogP contribution in [0.2, 0.25) is 0 Å². The summed E-state index contributed by atoms with van der Waals surface area (Å²) in [6.45, 7) is 0. The summed E-state index contributed by atoms with van der Waals surface area (Å²) in [6.07, 6.45) is 2.99. The topological polar surface area (TPSA) is 0 Å². The SMILES string of the molecule is S=P(c1ccccc1)(c1ccccc1)C1CC(P(=S)(c2ccccc2)c2ccccc2)CC(P(=S)(c2ccccc2)c2ccccc2)C1. The molecule has 0 unspecified atom stereocenters. The molecule has 1 aliphatic carbocycles. The van der Waals surface area contributed by atoms with Gasteiger partial charge >= 0.3 is 0 Å². The van der Waals surface area contributed by atoms with E-state index in [1.165, 1.54) is 31.8 Å². The minimum absolute atomic E-state index is 0.255. The van der Waals surface area contributed by atoms with Crippen molar-refractivity contribution in [1.82, 2.24) is 0 Å². The van der Waals surface area contributed by atoms with Crippen molar-refractivity contribution in [2.75, 3.05) is 0 Å². The molecule has 0 bridgehead atoms. The van der Waals surface area contributed by atoms with Crippen LogP contribution in [0.15, 0.2) is 182 Å². The van der Waals surface area contributed by atoms with Crippen LogP contribution in [0.3, 0.4) is 0 Å². The third kappa shape index (κ3) is 6.24. The van der Waals surface area contributed by atoms with Gasteiger partial charge in [-0.2, -0.15) is 0 Å². The van der Waals surface area contributed by atoms with E-state index in [1.807, 2.05) is 0 Å². The Labute approximate surface area is 301 Å². The predicted molar refractivity (Wildman–Crippen MR) is 225 cm³/mol. The molecule has 0 spiro atoms. The molecular formula is C42H39P3S3. The molecule has 1 saturated carbocycles. The lowest BCUT2D eigenvalue weighted by Gasteiger charge is -2.48. The summed E-state index contributed by atoms with van der Waals surface area (Å²) >= 11 is 21.4. The zero-order valence-corrected chi connectivity index (χ0v) is 31.9. The quantitative estimate of drug-likeness (QED) is 0.137. The fourth-order valence-electron chi connectivity index (χ4n) is 7.73. The van der Waals surface area contributed by atoms with Crippen molar-refractivity contribution in [3.63, 3.8) is 0 Å². The molecule has 0 heterocycles. The molecule has 0 atom stereocenters. The van der Waals surface area contributed by atoms with Gasteiger partial charge in [0.15, 0.2) is 0 Å². The third-order valence-corrected chi connectivity index (χ3v) is 27.2. The van der Waals surface area contributed by atoms with Crippen LogP contribution in [0.1, 0.15) is 19.3 Å². The van der Waals surface area contributed by atoms with Crippen molar-refractivity contribution in [2.24, 2.45) is 0 Å². The highest BCUT2D eigenvalue weighted by Gasteiger charge is 2.48. The van der Waals surface area contributed by atoms with Crippen LogP contribution in [0, 0.1) is 0 Å². The third-order valence-electron chi connectivity index (χ3n) is 10.0. The summed E-state index contributed by atoms with van der Waals surface area (Å²) in [5.74, 6) is 0. The lowest BCUT2D eigenvalue weighted by molar-refractivity contribution is 0.530. The minimum atomic E-state index is -2.30. The molecule has 6 aromatic carbocycles. The van der Waals surface area contributed by atoms with Gasteiger partial charge in [-0.15, -0.1) is 0 Å². The summed E-state index contributed by atoms with van der Waals surface area (Å²) in [7, 11) is 0. The van der Waals surface area contributed by atoms with Gasteiger partial charge in [-0.1, -0.05) is 217 Å². The zero-order valence-electron chi connectivity index (χ0n) is 26.7. The molecule has 6 aromatic rings. The van der Waals surface area contributed by atoms with E-state index in [2.05, 4.69) is 182 Å². The maximum atomic E-state index is 7.14. The van der Waals surface area contributed by atoms with E-state index in [-0.39, 0.29) is 17.0 Å². The highest BCUT2D eigenvalue weighted by Crippen LogP contribution is 2.66. The molecule has 6 heteroatoms. The molecule has 0 radical (unpaired) electrons. The van der Waals surface area contributed by atoms with Crippen LogP contribution < -0.4 is 31.8 Å². The monoisotopic (exact) mass is 732 g/mol. The van der Waals surface area contributed by atoms with Gasteiger partial charge in [0.05, 0.1) is 0 Å². The second-order valence-corrected chi connectivity index (χ2v) is 27.1. The Bertz CT molecular complexity index is 1710. The van der Waals surface area contributed by atoms with Crippen LogP contribution in [-0.2, 0) is 35.4 Å². The normalized spacial score (nSPS) is 18.6. The molecule has 240 valence electrons. The van der Waals surface area contributed by atoms with E-state index in [0.29, 0.717) is 0 Å². The molecule has 0 saturated heterocycles. The first kappa shape index (κ1) is 33.8. The zero-order chi connectivity index (χ0) is 33.0. The van der Waals surface area contributed by atoms with E-state index in [0.717, 1.165) is 19.3 Å². The number of hydrogen-bond acceptors (Lipinski definition) is 3. The van der Waals surface area contributed by atoms with E-state index in [9.17, 15) is 0 Å². The number of hydrogen-bond donors (Lipinski definition) is 0. The van der Waals surface area contributed by atoms with Gasteiger partial charge in [-0.05, 0) is 68.1 Å². The fourth-order valence-corrected chi connectivity index (χ4v) is 22.4. The number of rotatable bonds is 9. The van der Waals surface area contributed by atoms with Crippen molar-refractivity contribution in [1.29, 1.82) is 0 Å². The average Bonchev–Trinajstić information content (AvgIpc) is 3.18. The van der Waals surface area contributed by atoms with Gasteiger partial charge in [0, 0.05) is 18.1 Å². The first-order chi connectivity index (χ1) is 23.4. The summed E-state index contributed by atoms with van der Waals surface area (Å²) in [6, 6.07) is 59.0. The Morgan fingerprint density at radius 2 is 0.417 bits per heavy atom. The van der Waals surface area contributed by atoms with Crippen molar-refractivity contribution < 1.29 is 0 Å². The average molecular weight is 733 g/mol. The minimum Gasteiger partial charge on any atom is -0.0873 e. The Balaban J connectivity index is 1.48. The molecule has 1 aliphatic rings. The standard InChI is InChI=1S/C42H39P3S3/c46-43(34-19-7-1-8-20-34,35-21-9-2-10-22-35)40-31-41(44(47,36-23-11-3-12-24-36)37-25-13-4-14-26-37)33-42(32-40)45(48,38-27-15-5-16-28-38)39-29-17-6-18-30-39/h1-30,40-42H,31-33H2. The maximum Gasteiger partial charge on any atom is 0.0135 e. The summed E-state index contributed by atoms with van der Waals surface area (Å²) in [4.78, 5) is 0. The van der Waals surface area contributed by atoms with Crippen molar-refractivity contribution >= 4 is 85.4 Å². The predicted octanol–water partition coefficient (Wildman–Crippen LogP) is 8.67. The molecule has 48 heavy (non-hydrogen) atoms. The van der Waals surface area contributed by atoms with E-state index in [1.54, 1.807) is 0 Å². The molecule has 0 amide bonds. The van der Waals surface area contributed by atoms with Crippen LogP contribution in [0.5, 0.6) is 0 Å². The molecule has 0 nitrogen and oxygen atoms in total. The summed E-state index contributed by atoms with van der Waals surface area (Å²) in [5, 5.41) is 7.73. The Morgan fingerprint density at radius 1 is 0.271 bits per heavy atom. The smallest absolute Gasteiger partial charge is 0.0135 e. The molecule has 0 aromatic heterocycles. The highest BCUT2D eigenvalue weighted by molar-refractivity contribution is 8.23. The lowest BCUT2D eigenvalue weighted by atomic mass is 9.99. The fraction of sp³-hybridized carbons (Fsp3) is 0.143. The van der Waals surface area contributed by atoms with E-state index < -0.39 is 18.1 Å². The molecule has 1 fully saturated rings. The van der Waals surface area contributed by atoms with Crippen LogP contribution in [-0.4, -0.2) is 17.0 Å². The lowest BCUT2D eigenvalue weighted by Crippen LogP contribution is -2.42. The Kier molecular flexibility index (Phi) is 10.3. The van der Waals surface area contributed by atoms with Crippen molar-refractivity contribution in [3.05, 3.63) is 182 Å². The maximum absolute atomic E-state index is 7.14. The second-order valence-electron chi connectivity index (χ2n) is 12.7. The van der Waals surface area contributed by atoms with Crippen LogP contribution in [0.4, 0.5) is 0 Å². The van der Waals surface area contributed by atoms with Gasteiger partial charge in [-0.3, -0.25) is 0 Å². The largest absolute Gasteiger partial charge is 0.0873 e. The van der Waals surface area contributed by atoms with Crippen molar-refractivity contribution in [3.8, 4) is 0 Å². The summed E-state index contributed by atoms with van der Waals surface area (Å²) < 4.78 is 0. The highest BCUT2D eigenvalue weighted by atomic mass is 32.4. The summed E-state index contributed by atoms with van der Waals surface area (Å²) in [5.41, 5.74) is 0.765. The molecule has 0 aliphatic heterocycles. The van der Waals surface area contributed by atoms with Gasteiger partial charge in [0.1, 0.15) is 0 Å². The van der Waals surface area contributed by atoms with Gasteiger partial charge in [-0.25, -0.2) is 0 Å². The van der Waals surface area contributed by atoms with Crippen LogP contribution in [0.25, 0.3) is 0 Å². The van der Waals surface area contributed by atoms with Gasteiger partial charge in [0.25, 0.3) is 0 Å². The molecule has 7 rings (SSSR count). The number of benzene rings is 6. The van der Waals surface area contributed by atoms with Gasteiger partial charge < -0.3 is 0 Å². The molecular weight excluding hydrogens is 694 g/mol. The Hall–Kier alpha value is -2.73. The van der Waals surface area contributed by atoms with Gasteiger partial charge in [0.2, 0.25) is 0 Å². The first-order valence-corrected chi connectivity index (χ1v) is 25.2. The van der Waals surface area contributed by atoms with Crippen LogP contribution >= 0.6 is 18.1 Å². The second kappa shape index (κ2) is 14.6.